The first-order chi connectivity index (χ1) is 8.01. The van der Waals surface area contributed by atoms with Crippen LogP contribution in [-0.4, -0.2) is 18.4 Å². The zero-order chi connectivity index (χ0) is 13.0. The second-order valence-corrected chi connectivity index (χ2v) is 5.12. The Morgan fingerprint density at radius 1 is 1.41 bits per heavy atom. The Balaban J connectivity index is 3.07. The minimum Gasteiger partial charge on any atom is -0.369 e. The molecule has 0 bridgehead atoms. The van der Waals surface area contributed by atoms with Gasteiger partial charge in [-0.25, -0.2) is 0 Å². The molecule has 0 aliphatic heterocycles. The number of ketones is 1. The third kappa shape index (κ3) is 3.32. The van der Waals surface area contributed by atoms with Crippen LogP contribution >= 0.6 is 15.9 Å². The Kier molecular flexibility index (Phi) is 5.19. The Morgan fingerprint density at radius 2 is 2.06 bits per heavy atom. The molecular formula is C14H20BrNO. The van der Waals surface area contributed by atoms with Gasteiger partial charge in [0.1, 0.15) is 0 Å². The molecule has 0 radical (unpaired) electrons. The SMILES string of the molecule is CCC(C)N(CC)c1ccc(C(C)=O)c(Br)c1. The van der Waals surface area contributed by atoms with Crippen LogP contribution < -0.4 is 4.90 Å². The van der Waals surface area contributed by atoms with Crippen molar-refractivity contribution < 1.29 is 4.79 Å². The summed E-state index contributed by atoms with van der Waals surface area (Å²) in [7, 11) is 0. The predicted molar refractivity (Wildman–Crippen MR) is 76.9 cm³/mol. The monoisotopic (exact) mass is 297 g/mol. The number of halogens is 1. The number of Topliss-reactive ketones (excluding diaryl/α,β-unsaturated/α-hetero) is 1. The lowest BCUT2D eigenvalue weighted by Gasteiger charge is -2.29. The molecule has 0 aromatic heterocycles. The molecule has 1 unspecified atom stereocenters. The fourth-order valence-corrected chi connectivity index (χ4v) is 2.58. The molecule has 0 saturated carbocycles. The van der Waals surface area contributed by atoms with Crippen molar-refractivity contribution in [1.82, 2.24) is 0 Å². The summed E-state index contributed by atoms with van der Waals surface area (Å²) >= 11 is 3.47. The largest absolute Gasteiger partial charge is 0.369 e. The van der Waals surface area contributed by atoms with Crippen LogP contribution in [0.15, 0.2) is 22.7 Å². The number of carbonyl (C=O) groups is 1. The Bertz CT molecular complexity index is 403. The molecule has 0 spiro atoms. The minimum absolute atomic E-state index is 0.0926. The number of hydrogen-bond donors (Lipinski definition) is 0. The normalized spacial score (nSPS) is 12.3. The average molecular weight is 298 g/mol. The maximum atomic E-state index is 11.4. The summed E-state index contributed by atoms with van der Waals surface area (Å²) in [4.78, 5) is 13.7. The van der Waals surface area contributed by atoms with Gasteiger partial charge in [-0.1, -0.05) is 6.92 Å². The summed E-state index contributed by atoms with van der Waals surface area (Å²) in [6, 6.07) is 6.46. The first kappa shape index (κ1) is 14.2. The van der Waals surface area contributed by atoms with E-state index in [1.807, 2.05) is 18.2 Å². The van der Waals surface area contributed by atoms with Crippen LogP contribution in [-0.2, 0) is 0 Å². The summed E-state index contributed by atoms with van der Waals surface area (Å²) in [5.41, 5.74) is 1.91. The molecule has 17 heavy (non-hydrogen) atoms. The van der Waals surface area contributed by atoms with Crippen LogP contribution in [0.1, 0.15) is 44.5 Å². The first-order valence-electron chi connectivity index (χ1n) is 6.08. The Morgan fingerprint density at radius 3 is 2.47 bits per heavy atom. The van der Waals surface area contributed by atoms with Crippen molar-refractivity contribution in [1.29, 1.82) is 0 Å². The van der Waals surface area contributed by atoms with E-state index in [1.54, 1.807) is 6.92 Å². The van der Waals surface area contributed by atoms with Gasteiger partial charge in [0.05, 0.1) is 0 Å². The lowest BCUT2D eigenvalue weighted by molar-refractivity contribution is 0.101. The molecule has 2 nitrogen and oxygen atoms in total. The van der Waals surface area contributed by atoms with Crippen molar-refractivity contribution in [3.05, 3.63) is 28.2 Å². The number of nitrogens with zero attached hydrogens (tertiary/aromatic N) is 1. The Hall–Kier alpha value is -0.830. The van der Waals surface area contributed by atoms with Crippen molar-refractivity contribution in [3.63, 3.8) is 0 Å². The van der Waals surface area contributed by atoms with Gasteiger partial charge in [0, 0.05) is 28.3 Å². The maximum Gasteiger partial charge on any atom is 0.160 e. The van der Waals surface area contributed by atoms with E-state index in [0.717, 1.165) is 23.0 Å². The fraction of sp³-hybridized carbons (Fsp3) is 0.500. The van der Waals surface area contributed by atoms with Gasteiger partial charge in [0.15, 0.2) is 5.78 Å². The van der Waals surface area contributed by atoms with Crippen LogP contribution in [0, 0.1) is 0 Å². The number of benzene rings is 1. The van der Waals surface area contributed by atoms with E-state index in [2.05, 4.69) is 41.6 Å². The molecule has 0 fully saturated rings. The summed E-state index contributed by atoms with van der Waals surface area (Å²) in [5, 5.41) is 0. The molecule has 0 aliphatic rings. The van der Waals surface area contributed by atoms with E-state index >= 15 is 0 Å². The Labute approximate surface area is 112 Å². The molecule has 0 heterocycles. The van der Waals surface area contributed by atoms with Gasteiger partial charge in [0.25, 0.3) is 0 Å². The lowest BCUT2D eigenvalue weighted by atomic mass is 10.1. The van der Waals surface area contributed by atoms with E-state index < -0.39 is 0 Å². The van der Waals surface area contributed by atoms with E-state index in [-0.39, 0.29) is 5.78 Å². The summed E-state index contributed by atoms with van der Waals surface area (Å²) in [6.07, 6.45) is 1.11. The number of hydrogen-bond acceptors (Lipinski definition) is 2. The summed E-state index contributed by atoms with van der Waals surface area (Å²) < 4.78 is 0.879. The topological polar surface area (TPSA) is 20.3 Å². The molecule has 0 aliphatic carbocycles. The average Bonchev–Trinajstić information content (AvgIpc) is 2.29. The van der Waals surface area contributed by atoms with Gasteiger partial charge in [-0.15, -0.1) is 0 Å². The van der Waals surface area contributed by atoms with Crippen LogP contribution in [0.3, 0.4) is 0 Å². The molecule has 1 atom stereocenters. The van der Waals surface area contributed by atoms with Gasteiger partial charge >= 0.3 is 0 Å². The van der Waals surface area contributed by atoms with Crippen molar-refractivity contribution in [2.45, 2.75) is 40.2 Å². The second kappa shape index (κ2) is 6.20. The van der Waals surface area contributed by atoms with Crippen molar-refractivity contribution in [2.75, 3.05) is 11.4 Å². The van der Waals surface area contributed by atoms with E-state index in [4.69, 9.17) is 0 Å². The van der Waals surface area contributed by atoms with Gasteiger partial charge in [-0.3, -0.25) is 4.79 Å². The van der Waals surface area contributed by atoms with Crippen molar-refractivity contribution in [2.24, 2.45) is 0 Å². The van der Waals surface area contributed by atoms with Crippen LogP contribution in [0.25, 0.3) is 0 Å². The standard InChI is InChI=1S/C14H20BrNO/c1-5-10(3)16(6-2)12-7-8-13(11(4)17)14(15)9-12/h7-10H,5-6H2,1-4H3. The molecule has 1 aromatic rings. The first-order valence-corrected chi connectivity index (χ1v) is 6.87. The summed E-state index contributed by atoms with van der Waals surface area (Å²) in [5.74, 6) is 0.0926. The third-order valence-electron chi connectivity index (χ3n) is 3.13. The van der Waals surface area contributed by atoms with E-state index in [0.29, 0.717) is 6.04 Å². The zero-order valence-corrected chi connectivity index (χ0v) is 12.5. The highest BCUT2D eigenvalue weighted by Gasteiger charge is 2.13. The molecule has 0 saturated heterocycles. The van der Waals surface area contributed by atoms with Crippen LogP contribution in [0.2, 0.25) is 0 Å². The minimum atomic E-state index is 0.0926. The quantitative estimate of drug-likeness (QED) is 0.756. The molecule has 1 aromatic carbocycles. The fourth-order valence-electron chi connectivity index (χ4n) is 1.94. The molecule has 0 amide bonds. The van der Waals surface area contributed by atoms with Gasteiger partial charge in [0.2, 0.25) is 0 Å². The van der Waals surface area contributed by atoms with Crippen molar-refractivity contribution >= 4 is 27.4 Å². The van der Waals surface area contributed by atoms with Gasteiger partial charge < -0.3 is 4.90 Å². The van der Waals surface area contributed by atoms with E-state index in [9.17, 15) is 4.79 Å². The highest BCUT2D eigenvalue weighted by Crippen LogP contribution is 2.26. The highest BCUT2D eigenvalue weighted by molar-refractivity contribution is 9.10. The predicted octanol–water partition coefficient (Wildman–Crippen LogP) is 4.28. The molecule has 1 rings (SSSR count). The number of anilines is 1. The molecule has 0 N–H and O–H groups in total. The number of carbonyl (C=O) groups excluding carboxylic acids is 1. The zero-order valence-electron chi connectivity index (χ0n) is 11.0. The molecular weight excluding hydrogens is 278 g/mol. The molecule has 3 heteroatoms. The second-order valence-electron chi connectivity index (χ2n) is 4.26. The smallest absolute Gasteiger partial charge is 0.160 e. The highest BCUT2D eigenvalue weighted by atomic mass is 79.9. The van der Waals surface area contributed by atoms with Gasteiger partial charge in [-0.2, -0.15) is 0 Å². The maximum absolute atomic E-state index is 11.4. The lowest BCUT2D eigenvalue weighted by Crippen LogP contribution is -2.32. The van der Waals surface area contributed by atoms with Gasteiger partial charge in [-0.05, 0) is 61.3 Å². The summed E-state index contributed by atoms with van der Waals surface area (Å²) in [6.45, 7) is 9.12. The third-order valence-corrected chi connectivity index (χ3v) is 3.78. The number of rotatable bonds is 5. The van der Waals surface area contributed by atoms with Crippen molar-refractivity contribution in [3.8, 4) is 0 Å². The molecule has 94 valence electrons. The van der Waals surface area contributed by atoms with Crippen LogP contribution in [0.4, 0.5) is 5.69 Å². The van der Waals surface area contributed by atoms with Crippen LogP contribution in [0.5, 0.6) is 0 Å². The van der Waals surface area contributed by atoms with E-state index in [1.165, 1.54) is 5.69 Å².